The average Bonchev–Trinajstić information content (AvgIpc) is 3.86. The molecule has 4 aliphatic rings. The van der Waals surface area contributed by atoms with E-state index in [4.69, 9.17) is 9.47 Å². The molecule has 0 aliphatic carbocycles. The van der Waals surface area contributed by atoms with Crippen molar-refractivity contribution in [1.29, 1.82) is 0 Å². The molecule has 8 atom stereocenters. The summed E-state index contributed by atoms with van der Waals surface area (Å²) in [5, 5.41) is 22.3. The summed E-state index contributed by atoms with van der Waals surface area (Å²) >= 11 is 3.61. The van der Waals surface area contributed by atoms with Gasteiger partial charge in [0.05, 0.1) is 30.6 Å². The van der Waals surface area contributed by atoms with Gasteiger partial charge in [-0.2, -0.15) is 0 Å². The van der Waals surface area contributed by atoms with Gasteiger partial charge in [0.2, 0.25) is 11.8 Å². The van der Waals surface area contributed by atoms with Gasteiger partial charge < -0.3 is 29.7 Å². The Hall–Kier alpha value is -4.40. The molecule has 2 N–H and O–H groups in total. The van der Waals surface area contributed by atoms with Gasteiger partial charge in [0.25, 0.3) is 5.91 Å². The Morgan fingerprint density at radius 1 is 1.06 bits per heavy atom. The maximum Gasteiger partial charge on any atom is 0.313 e. The SMILES string of the molecule is CC[C@H](C)[C@H](CO)N1C(=O)[C@@H]2[C@H]3C(=O)O[C@@H](c4ccccc4)CNC(=O)CC/C=C\CN(Cn4nnc5ccccc54)C(=O)[C@@H]1[C@]21C=C(Br)[C@H]3O1. The topological polar surface area (TPSA) is 156 Å². The molecule has 3 amide bonds. The summed E-state index contributed by atoms with van der Waals surface area (Å²) in [6.45, 7) is 3.65. The molecular weight excluding hydrogens is 720 g/mol. The largest absolute Gasteiger partial charge is 0.455 e. The average molecular weight is 762 g/mol. The van der Waals surface area contributed by atoms with E-state index in [1.807, 2.05) is 80.6 Å². The number of likely N-dealkylation sites (tertiary alicyclic amines) is 1. The van der Waals surface area contributed by atoms with Gasteiger partial charge >= 0.3 is 5.97 Å². The number of cyclic esters (lactones) is 1. The standard InChI is InChI=1S/C37H41BrN6O7/c1-3-22(2)27(20-45)44-33-35(48)42(21-43-26-15-10-9-14-25(26)40-41-43)17-11-5-8-16-29(46)39-19-28(23-12-6-4-7-13-23)50-36(49)30-31(34(44)47)37(33)18-24(38)32(30)51-37/h4-7,9-15,18,22,27-28,30-33,45H,3,8,16-17,19-21H2,1-2H3,(H,39,46)/b11-5-/t22-,27-,28+,30+,31-,32+,33+,37-/m0/s1. The van der Waals surface area contributed by atoms with Gasteiger partial charge in [0.1, 0.15) is 42.0 Å². The number of nitrogens with one attached hydrogen (secondary N) is 1. The van der Waals surface area contributed by atoms with Crippen LogP contribution in [0, 0.1) is 17.8 Å². The van der Waals surface area contributed by atoms with Gasteiger partial charge in [-0.05, 0) is 36.1 Å². The van der Waals surface area contributed by atoms with Crippen LogP contribution < -0.4 is 5.32 Å². The minimum Gasteiger partial charge on any atom is -0.455 e. The molecule has 51 heavy (non-hydrogen) atoms. The van der Waals surface area contributed by atoms with Crippen LogP contribution in [0.1, 0.15) is 44.8 Å². The molecule has 4 aliphatic heterocycles. The quantitative estimate of drug-likeness (QED) is 0.273. The van der Waals surface area contributed by atoms with Crippen molar-refractivity contribution in [1.82, 2.24) is 30.1 Å². The molecule has 1 spiro atoms. The molecule has 3 aromatic rings. The Labute approximate surface area is 303 Å². The van der Waals surface area contributed by atoms with Gasteiger partial charge in [-0.15, -0.1) is 5.10 Å². The number of carbonyl (C=O) groups is 4. The first-order chi connectivity index (χ1) is 24.7. The molecule has 2 saturated heterocycles. The lowest BCUT2D eigenvalue weighted by Gasteiger charge is -2.40. The minimum absolute atomic E-state index is 0.00485. The minimum atomic E-state index is -1.53. The zero-order valence-corrected chi connectivity index (χ0v) is 30.0. The lowest BCUT2D eigenvalue weighted by Crippen LogP contribution is -2.59. The molecule has 14 heteroatoms. The number of hydrogen-bond acceptors (Lipinski definition) is 9. The van der Waals surface area contributed by atoms with Crippen LogP contribution in [0.3, 0.4) is 0 Å². The Kier molecular flexibility index (Phi) is 9.83. The molecular formula is C37H41BrN6O7. The number of nitrogens with zero attached hydrogens (tertiary/aromatic N) is 5. The molecule has 2 aromatic carbocycles. The number of benzene rings is 2. The number of halogens is 1. The van der Waals surface area contributed by atoms with E-state index in [9.17, 15) is 19.5 Å². The van der Waals surface area contributed by atoms with Gasteiger partial charge in [0, 0.05) is 17.4 Å². The highest BCUT2D eigenvalue weighted by atomic mass is 79.9. The summed E-state index contributed by atoms with van der Waals surface area (Å²) in [4.78, 5) is 60.3. The third-order valence-corrected chi connectivity index (χ3v) is 11.4. The second kappa shape index (κ2) is 14.3. The van der Waals surface area contributed by atoms with Crippen molar-refractivity contribution in [2.75, 3.05) is 19.7 Å². The third-order valence-electron chi connectivity index (χ3n) is 10.7. The Balaban J connectivity index is 1.34. The smallest absolute Gasteiger partial charge is 0.313 e. The van der Waals surface area contributed by atoms with Crippen LogP contribution in [0.15, 0.2) is 77.3 Å². The molecule has 1 aromatic heterocycles. The van der Waals surface area contributed by atoms with Crippen molar-refractivity contribution in [2.45, 2.75) is 69.7 Å². The van der Waals surface area contributed by atoms with Crippen molar-refractivity contribution in [3.63, 3.8) is 0 Å². The van der Waals surface area contributed by atoms with Crippen LogP contribution in [0.4, 0.5) is 0 Å². The Bertz CT molecular complexity index is 1880. The number of amides is 3. The fraction of sp³-hybridized carbons (Fsp3) is 0.459. The first-order valence-electron chi connectivity index (χ1n) is 17.4. The number of allylic oxidation sites excluding steroid dienone is 1. The maximum absolute atomic E-state index is 15.2. The first kappa shape index (κ1) is 35.0. The lowest BCUT2D eigenvalue weighted by molar-refractivity contribution is -0.161. The van der Waals surface area contributed by atoms with Crippen molar-refractivity contribution < 1.29 is 33.8 Å². The summed E-state index contributed by atoms with van der Waals surface area (Å²) in [5.41, 5.74) is 0.524. The number of aromatic nitrogens is 3. The summed E-state index contributed by atoms with van der Waals surface area (Å²) in [6, 6.07) is 14.6. The van der Waals surface area contributed by atoms with Crippen LogP contribution in [-0.2, 0) is 35.3 Å². The van der Waals surface area contributed by atoms with Crippen molar-refractivity contribution in [3.05, 3.63) is 82.9 Å². The highest BCUT2D eigenvalue weighted by Gasteiger charge is 2.75. The normalized spacial score (nSPS) is 30.2. The number of carbonyl (C=O) groups excluding carboxylic acids is 4. The number of aliphatic hydroxyl groups excluding tert-OH is 1. The predicted octanol–water partition coefficient (Wildman–Crippen LogP) is 3.25. The molecule has 0 radical (unpaired) electrons. The molecule has 268 valence electrons. The van der Waals surface area contributed by atoms with Crippen LogP contribution >= 0.6 is 15.9 Å². The van der Waals surface area contributed by atoms with Crippen LogP contribution in [-0.4, -0.2) is 97.1 Å². The number of aliphatic hydroxyl groups is 1. The van der Waals surface area contributed by atoms with Crippen molar-refractivity contribution in [3.8, 4) is 0 Å². The van der Waals surface area contributed by atoms with E-state index in [-0.39, 0.29) is 44.6 Å². The summed E-state index contributed by atoms with van der Waals surface area (Å²) in [5.74, 6) is -4.18. The summed E-state index contributed by atoms with van der Waals surface area (Å²) in [7, 11) is 0. The summed E-state index contributed by atoms with van der Waals surface area (Å²) < 4.78 is 15.0. The van der Waals surface area contributed by atoms with Gasteiger partial charge in [-0.3, -0.25) is 19.2 Å². The predicted molar refractivity (Wildman–Crippen MR) is 188 cm³/mol. The lowest BCUT2D eigenvalue weighted by atomic mass is 9.74. The third kappa shape index (κ3) is 6.16. The molecule has 13 nitrogen and oxygen atoms in total. The van der Waals surface area contributed by atoms with Crippen LogP contribution in [0.5, 0.6) is 0 Å². The van der Waals surface area contributed by atoms with Gasteiger partial charge in [0.15, 0.2) is 0 Å². The number of esters is 1. The van der Waals surface area contributed by atoms with Crippen molar-refractivity contribution >= 4 is 50.7 Å². The van der Waals surface area contributed by atoms with Gasteiger partial charge in [-0.25, -0.2) is 4.68 Å². The van der Waals surface area contributed by atoms with E-state index in [1.54, 1.807) is 15.7 Å². The van der Waals surface area contributed by atoms with E-state index < -0.39 is 59.5 Å². The monoisotopic (exact) mass is 760 g/mol. The number of hydrogen-bond donors (Lipinski definition) is 2. The zero-order chi connectivity index (χ0) is 35.9. The number of fused-ring (bicyclic) bond motifs is 3. The highest BCUT2D eigenvalue weighted by molar-refractivity contribution is 9.11. The Morgan fingerprint density at radius 3 is 2.59 bits per heavy atom. The van der Waals surface area contributed by atoms with Crippen LogP contribution in [0.2, 0.25) is 0 Å². The van der Waals surface area contributed by atoms with E-state index in [2.05, 4.69) is 31.6 Å². The van der Waals surface area contributed by atoms with E-state index in [0.29, 0.717) is 33.9 Å². The second-order valence-electron chi connectivity index (χ2n) is 13.6. The van der Waals surface area contributed by atoms with E-state index in [0.717, 1.165) is 0 Å². The molecule has 7 rings (SSSR count). The first-order valence-corrected chi connectivity index (χ1v) is 18.2. The number of rotatable bonds is 7. The number of para-hydroxylation sites is 1. The number of ether oxygens (including phenoxy) is 2. The maximum atomic E-state index is 15.2. The molecule has 0 unspecified atom stereocenters. The molecule has 0 saturated carbocycles. The summed E-state index contributed by atoms with van der Waals surface area (Å²) in [6.07, 6.45) is 4.91. The molecule has 5 heterocycles. The second-order valence-corrected chi connectivity index (χ2v) is 14.6. The fourth-order valence-corrected chi connectivity index (χ4v) is 8.63. The van der Waals surface area contributed by atoms with E-state index >= 15 is 4.79 Å². The van der Waals surface area contributed by atoms with Crippen LogP contribution in [0.25, 0.3) is 11.0 Å². The molecule has 2 fully saturated rings. The zero-order valence-electron chi connectivity index (χ0n) is 28.4. The van der Waals surface area contributed by atoms with Crippen molar-refractivity contribution in [2.24, 2.45) is 17.8 Å². The highest BCUT2D eigenvalue weighted by Crippen LogP contribution is 2.59. The Morgan fingerprint density at radius 2 is 1.82 bits per heavy atom. The fourth-order valence-electron chi connectivity index (χ4n) is 7.89. The van der Waals surface area contributed by atoms with Gasteiger partial charge in [-0.1, -0.05) is 96.0 Å². The van der Waals surface area contributed by atoms with E-state index in [1.165, 1.54) is 4.90 Å². The molecule has 5 bridgehead atoms.